The van der Waals surface area contributed by atoms with Gasteiger partial charge >= 0.3 is 6.61 Å². The Morgan fingerprint density at radius 2 is 2.20 bits per heavy atom. The maximum absolute atomic E-state index is 12.0. The highest BCUT2D eigenvalue weighted by atomic mass is 19.3. The molecule has 9 heteroatoms. The van der Waals surface area contributed by atoms with Gasteiger partial charge < -0.3 is 10.1 Å². The highest BCUT2D eigenvalue weighted by Crippen LogP contribution is 2.16. The van der Waals surface area contributed by atoms with E-state index < -0.39 is 6.61 Å². The van der Waals surface area contributed by atoms with Crippen molar-refractivity contribution in [2.75, 3.05) is 0 Å². The first-order chi connectivity index (χ1) is 9.61. The Morgan fingerprint density at radius 3 is 2.80 bits per heavy atom. The molecule has 2 rings (SSSR count). The number of rotatable bonds is 6. The van der Waals surface area contributed by atoms with Crippen LogP contribution in [0.15, 0.2) is 24.7 Å². The molecule has 2 heterocycles. The summed E-state index contributed by atoms with van der Waals surface area (Å²) in [4.78, 5) is 18.4. The number of ether oxygens (including phenoxy) is 1. The minimum absolute atomic E-state index is 0.0514. The van der Waals surface area contributed by atoms with Gasteiger partial charge in [0, 0.05) is 0 Å². The molecule has 106 valence electrons. The van der Waals surface area contributed by atoms with Crippen LogP contribution in [0.5, 0.6) is 5.75 Å². The van der Waals surface area contributed by atoms with Gasteiger partial charge in [-0.3, -0.25) is 4.79 Å². The number of alkyl halides is 2. The molecular formula is C11H11F2N5O2. The van der Waals surface area contributed by atoms with E-state index in [1.54, 1.807) is 6.92 Å². The monoisotopic (exact) mass is 283 g/mol. The summed E-state index contributed by atoms with van der Waals surface area (Å²) in [5.41, 5.74) is 0. The molecule has 0 radical (unpaired) electrons. The summed E-state index contributed by atoms with van der Waals surface area (Å²) >= 11 is 0. The lowest BCUT2D eigenvalue weighted by molar-refractivity contribution is -0.110. The molecule has 0 bridgehead atoms. The van der Waals surface area contributed by atoms with Crippen molar-refractivity contribution < 1.29 is 18.3 Å². The maximum Gasteiger partial charge on any atom is 0.387 e. The number of aromatic nitrogens is 4. The zero-order chi connectivity index (χ0) is 14.5. The molecule has 1 atom stereocenters. The number of nitrogens with one attached hydrogen (secondary N) is 1. The van der Waals surface area contributed by atoms with Crippen molar-refractivity contribution in [2.24, 2.45) is 0 Å². The third-order valence-corrected chi connectivity index (χ3v) is 2.44. The van der Waals surface area contributed by atoms with Crippen LogP contribution in [-0.2, 0) is 4.79 Å². The molecule has 0 saturated heterocycles. The van der Waals surface area contributed by atoms with E-state index in [1.165, 1.54) is 23.1 Å². The van der Waals surface area contributed by atoms with E-state index in [1.807, 2.05) is 0 Å². The average Bonchev–Trinajstić information content (AvgIpc) is 2.88. The summed E-state index contributed by atoms with van der Waals surface area (Å²) in [6, 6.07) is 2.44. The molecule has 1 unspecified atom stereocenters. The van der Waals surface area contributed by atoms with Crippen LogP contribution in [0.2, 0.25) is 0 Å². The van der Waals surface area contributed by atoms with Gasteiger partial charge in [0.15, 0.2) is 11.6 Å². The fraction of sp³-hybridized carbons (Fsp3) is 0.273. The summed E-state index contributed by atoms with van der Waals surface area (Å²) in [6.45, 7) is -1.18. The Morgan fingerprint density at radius 1 is 1.40 bits per heavy atom. The number of nitrogens with zero attached hydrogens (tertiary/aromatic N) is 4. The van der Waals surface area contributed by atoms with Crippen molar-refractivity contribution in [2.45, 2.75) is 19.6 Å². The molecule has 0 spiro atoms. The van der Waals surface area contributed by atoms with Crippen molar-refractivity contribution in [3.8, 4) is 11.6 Å². The quantitative estimate of drug-likeness (QED) is 0.802. The zero-order valence-electron chi connectivity index (χ0n) is 10.4. The summed E-state index contributed by atoms with van der Waals surface area (Å²) in [5, 5.41) is 6.52. The third-order valence-electron chi connectivity index (χ3n) is 2.44. The van der Waals surface area contributed by atoms with Crippen LogP contribution >= 0.6 is 0 Å². The topological polar surface area (TPSA) is 81.9 Å². The average molecular weight is 283 g/mol. The van der Waals surface area contributed by atoms with E-state index in [-0.39, 0.29) is 11.8 Å². The SMILES string of the molecule is CC(NC=O)c1ncnn1-c1ccc(OC(F)F)cn1. The maximum atomic E-state index is 12.0. The van der Waals surface area contributed by atoms with Gasteiger partial charge in [0.2, 0.25) is 6.41 Å². The van der Waals surface area contributed by atoms with E-state index in [0.29, 0.717) is 18.1 Å². The summed E-state index contributed by atoms with van der Waals surface area (Å²) in [7, 11) is 0. The van der Waals surface area contributed by atoms with E-state index in [2.05, 4.69) is 25.1 Å². The first kappa shape index (κ1) is 13.8. The van der Waals surface area contributed by atoms with Crippen molar-refractivity contribution in [1.29, 1.82) is 0 Å². The largest absolute Gasteiger partial charge is 0.433 e. The van der Waals surface area contributed by atoms with E-state index in [4.69, 9.17) is 0 Å². The number of pyridine rings is 1. The Balaban J connectivity index is 2.24. The van der Waals surface area contributed by atoms with Gasteiger partial charge in [-0.25, -0.2) is 9.97 Å². The normalized spacial score (nSPS) is 12.2. The van der Waals surface area contributed by atoms with E-state index in [9.17, 15) is 13.6 Å². The minimum Gasteiger partial charge on any atom is -0.433 e. The smallest absolute Gasteiger partial charge is 0.387 e. The second-order valence-corrected chi connectivity index (χ2v) is 3.77. The fourth-order valence-electron chi connectivity index (χ4n) is 1.57. The molecule has 0 aliphatic carbocycles. The second kappa shape index (κ2) is 6.04. The van der Waals surface area contributed by atoms with Crippen molar-refractivity contribution in [3.05, 3.63) is 30.5 Å². The number of carbonyl (C=O) groups is 1. The lowest BCUT2D eigenvalue weighted by Gasteiger charge is -2.11. The van der Waals surface area contributed by atoms with E-state index >= 15 is 0 Å². The first-order valence-electron chi connectivity index (χ1n) is 5.62. The molecule has 20 heavy (non-hydrogen) atoms. The van der Waals surface area contributed by atoms with Crippen molar-refractivity contribution in [3.63, 3.8) is 0 Å². The van der Waals surface area contributed by atoms with Crippen LogP contribution in [0.1, 0.15) is 18.8 Å². The summed E-state index contributed by atoms with van der Waals surface area (Å²) in [5.74, 6) is 0.787. The van der Waals surface area contributed by atoms with Crippen LogP contribution in [0.4, 0.5) is 8.78 Å². The molecule has 2 aromatic rings. The van der Waals surface area contributed by atoms with Gasteiger partial charge in [0.25, 0.3) is 0 Å². The van der Waals surface area contributed by atoms with Crippen LogP contribution in [0.3, 0.4) is 0 Å². The lowest BCUT2D eigenvalue weighted by Crippen LogP contribution is -2.20. The summed E-state index contributed by atoms with van der Waals surface area (Å²) in [6.07, 6.45) is 3.02. The molecule has 1 amide bonds. The Hall–Kier alpha value is -2.58. The number of hydrogen-bond donors (Lipinski definition) is 1. The molecular weight excluding hydrogens is 272 g/mol. The van der Waals surface area contributed by atoms with Crippen LogP contribution in [0, 0.1) is 0 Å². The molecule has 2 aromatic heterocycles. The first-order valence-corrected chi connectivity index (χ1v) is 5.62. The van der Waals surface area contributed by atoms with Gasteiger partial charge in [0.1, 0.15) is 12.1 Å². The number of carbonyl (C=O) groups excluding carboxylic acids is 1. The van der Waals surface area contributed by atoms with E-state index in [0.717, 1.165) is 6.20 Å². The number of halogens is 2. The van der Waals surface area contributed by atoms with Gasteiger partial charge in [-0.1, -0.05) is 0 Å². The van der Waals surface area contributed by atoms with Gasteiger partial charge in [-0.2, -0.15) is 18.6 Å². The van der Waals surface area contributed by atoms with Crippen LogP contribution in [0.25, 0.3) is 5.82 Å². The number of hydrogen-bond acceptors (Lipinski definition) is 5. The van der Waals surface area contributed by atoms with Gasteiger partial charge in [0.05, 0.1) is 12.2 Å². The Kier molecular flexibility index (Phi) is 4.18. The lowest BCUT2D eigenvalue weighted by atomic mass is 10.3. The van der Waals surface area contributed by atoms with Gasteiger partial charge in [-0.05, 0) is 19.1 Å². The standard InChI is InChI=1S/C11H11F2N5O2/c1-7(16-6-19)10-15-5-17-18(10)9-3-2-8(4-14-9)20-11(12)13/h2-7,11H,1H3,(H,16,19). The fourth-order valence-corrected chi connectivity index (χ4v) is 1.57. The molecule has 1 N–H and O–H groups in total. The Labute approximate surface area is 112 Å². The third kappa shape index (κ3) is 3.05. The van der Waals surface area contributed by atoms with Crippen molar-refractivity contribution in [1.82, 2.24) is 25.1 Å². The molecule has 0 aliphatic heterocycles. The molecule has 0 aliphatic rings. The van der Waals surface area contributed by atoms with Gasteiger partial charge in [-0.15, -0.1) is 0 Å². The Bertz CT molecular complexity index is 572. The zero-order valence-corrected chi connectivity index (χ0v) is 10.4. The predicted molar refractivity (Wildman–Crippen MR) is 63.4 cm³/mol. The minimum atomic E-state index is -2.90. The summed E-state index contributed by atoms with van der Waals surface area (Å²) < 4.78 is 29.7. The van der Waals surface area contributed by atoms with Crippen molar-refractivity contribution >= 4 is 6.41 Å². The highest BCUT2D eigenvalue weighted by molar-refractivity contribution is 5.47. The van der Waals surface area contributed by atoms with Crippen LogP contribution < -0.4 is 10.1 Å². The molecule has 0 saturated carbocycles. The molecule has 7 nitrogen and oxygen atoms in total. The number of amides is 1. The highest BCUT2D eigenvalue weighted by Gasteiger charge is 2.14. The molecule has 0 aromatic carbocycles. The predicted octanol–water partition coefficient (Wildman–Crippen LogP) is 1.07. The second-order valence-electron chi connectivity index (χ2n) is 3.77. The van der Waals surface area contributed by atoms with Crippen LogP contribution in [-0.4, -0.2) is 32.8 Å². The molecule has 0 fully saturated rings.